The Morgan fingerprint density at radius 3 is 2.90 bits per heavy atom. The molecule has 0 bridgehead atoms. The lowest BCUT2D eigenvalue weighted by molar-refractivity contribution is -0.127. The zero-order chi connectivity index (χ0) is 7.56. The van der Waals surface area contributed by atoms with Crippen LogP contribution in [0.2, 0.25) is 0 Å². The summed E-state index contributed by atoms with van der Waals surface area (Å²) < 4.78 is 0. The van der Waals surface area contributed by atoms with E-state index in [1.165, 1.54) is 0 Å². The lowest BCUT2D eigenvalue weighted by atomic mass is 10.3. The van der Waals surface area contributed by atoms with E-state index in [0.29, 0.717) is 6.54 Å². The standard InChI is InChI=1S/C6H11ClN2O/c7-3-6(10)9-2-1-5(8)4-9/h5H,1-4,8H2. The minimum atomic E-state index is -0.00498. The van der Waals surface area contributed by atoms with E-state index in [4.69, 9.17) is 17.3 Å². The van der Waals surface area contributed by atoms with Crippen LogP contribution in [0.5, 0.6) is 0 Å². The number of alkyl halides is 1. The Morgan fingerprint density at radius 1 is 1.80 bits per heavy atom. The van der Waals surface area contributed by atoms with E-state index in [1.54, 1.807) is 4.90 Å². The quantitative estimate of drug-likeness (QED) is 0.543. The number of hydrogen-bond donors (Lipinski definition) is 1. The highest BCUT2D eigenvalue weighted by molar-refractivity contribution is 6.27. The first kappa shape index (κ1) is 7.82. The van der Waals surface area contributed by atoms with Gasteiger partial charge < -0.3 is 10.6 Å². The van der Waals surface area contributed by atoms with Gasteiger partial charge in [0.2, 0.25) is 5.91 Å². The fourth-order valence-electron chi connectivity index (χ4n) is 1.10. The average molecular weight is 163 g/mol. The first-order valence-electron chi connectivity index (χ1n) is 3.33. The summed E-state index contributed by atoms with van der Waals surface area (Å²) in [4.78, 5) is 12.6. The van der Waals surface area contributed by atoms with Crippen LogP contribution in [0.4, 0.5) is 0 Å². The number of carbonyl (C=O) groups is 1. The van der Waals surface area contributed by atoms with Gasteiger partial charge in [-0.1, -0.05) is 0 Å². The maximum atomic E-state index is 10.9. The second kappa shape index (κ2) is 3.21. The van der Waals surface area contributed by atoms with Crippen molar-refractivity contribution in [3.8, 4) is 0 Å². The molecule has 0 radical (unpaired) electrons. The molecule has 0 aromatic rings. The van der Waals surface area contributed by atoms with Gasteiger partial charge in [-0.15, -0.1) is 11.6 Å². The molecule has 1 amide bonds. The van der Waals surface area contributed by atoms with Crippen molar-refractivity contribution in [1.82, 2.24) is 4.90 Å². The Bertz CT molecular complexity index is 140. The molecule has 0 aromatic carbocycles. The number of halogens is 1. The van der Waals surface area contributed by atoms with E-state index < -0.39 is 0 Å². The molecule has 3 nitrogen and oxygen atoms in total. The highest BCUT2D eigenvalue weighted by Gasteiger charge is 2.22. The maximum Gasteiger partial charge on any atom is 0.237 e. The molecule has 0 spiro atoms. The van der Waals surface area contributed by atoms with Crippen molar-refractivity contribution >= 4 is 17.5 Å². The number of nitrogens with two attached hydrogens (primary N) is 1. The first-order valence-corrected chi connectivity index (χ1v) is 3.87. The molecule has 1 atom stereocenters. The van der Waals surface area contributed by atoms with Crippen molar-refractivity contribution in [2.75, 3.05) is 19.0 Å². The molecule has 1 heterocycles. The van der Waals surface area contributed by atoms with Crippen LogP contribution in [-0.4, -0.2) is 35.8 Å². The van der Waals surface area contributed by atoms with Crippen LogP contribution in [0.15, 0.2) is 0 Å². The molecule has 58 valence electrons. The van der Waals surface area contributed by atoms with E-state index >= 15 is 0 Å². The fraction of sp³-hybridized carbons (Fsp3) is 0.833. The SMILES string of the molecule is NC1CCN(C(=O)CCl)C1. The average Bonchev–Trinajstić information content (AvgIpc) is 2.34. The molecule has 1 aliphatic rings. The van der Waals surface area contributed by atoms with Crippen LogP contribution in [-0.2, 0) is 4.79 Å². The van der Waals surface area contributed by atoms with Crippen molar-refractivity contribution in [3.63, 3.8) is 0 Å². The Morgan fingerprint density at radius 2 is 2.50 bits per heavy atom. The van der Waals surface area contributed by atoms with Crippen molar-refractivity contribution in [1.29, 1.82) is 0 Å². The van der Waals surface area contributed by atoms with E-state index in [-0.39, 0.29) is 17.8 Å². The number of nitrogens with zero attached hydrogens (tertiary/aromatic N) is 1. The van der Waals surface area contributed by atoms with Gasteiger partial charge in [-0.25, -0.2) is 0 Å². The molecular weight excluding hydrogens is 152 g/mol. The zero-order valence-electron chi connectivity index (χ0n) is 5.72. The molecule has 1 aliphatic heterocycles. The monoisotopic (exact) mass is 162 g/mol. The summed E-state index contributed by atoms with van der Waals surface area (Å²) >= 11 is 5.35. The lowest BCUT2D eigenvalue weighted by Crippen LogP contribution is -2.32. The molecule has 1 rings (SSSR count). The molecule has 1 unspecified atom stereocenters. The van der Waals surface area contributed by atoms with Gasteiger partial charge in [-0.2, -0.15) is 0 Å². The topological polar surface area (TPSA) is 46.3 Å². The third kappa shape index (κ3) is 1.61. The number of rotatable bonds is 1. The van der Waals surface area contributed by atoms with Gasteiger partial charge >= 0.3 is 0 Å². The summed E-state index contributed by atoms with van der Waals surface area (Å²) in [5.74, 6) is 0.0711. The zero-order valence-corrected chi connectivity index (χ0v) is 6.47. The van der Waals surface area contributed by atoms with Crippen molar-refractivity contribution in [2.45, 2.75) is 12.5 Å². The Kier molecular flexibility index (Phi) is 2.51. The molecule has 1 fully saturated rings. The maximum absolute atomic E-state index is 10.9. The predicted octanol–water partition coefficient (Wildman–Crippen LogP) is -0.215. The molecular formula is C6H11ClN2O. The van der Waals surface area contributed by atoms with Gasteiger partial charge in [0.05, 0.1) is 0 Å². The largest absolute Gasteiger partial charge is 0.340 e. The number of likely N-dealkylation sites (tertiary alicyclic amines) is 1. The van der Waals surface area contributed by atoms with Gasteiger partial charge in [0.1, 0.15) is 5.88 Å². The molecule has 2 N–H and O–H groups in total. The lowest BCUT2D eigenvalue weighted by Gasteiger charge is -2.12. The molecule has 10 heavy (non-hydrogen) atoms. The summed E-state index contributed by atoms with van der Waals surface area (Å²) in [5.41, 5.74) is 5.58. The van der Waals surface area contributed by atoms with Crippen molar-refractivity contribution < 1.29 is 4.79 Å². The fourth-order valence-corrected chi connectivity index (χ4v) is 1.27. The highest BCUT2D eigenvalue weighted by atomic mass is 35.5. The van der Waals surface area contributed by atoms with E-state index in [1.807, 2.05) is 0 Å². The number of amides is 1. The highest BCUT2D eigenvalue weighted by Crippen LogP contribution is 2.06. The Labute approximate surface area is 65.1 Å². The first-order chi connectivity index (χ1) is 4.74. The summed E-state index contributed by atoms with van der Waals surface area (Å²) in [6.45, 7) is 1.44. The third-order valence-electron chi connectivity index (χ3n) is 1.69. The molecule has 0 saturated carbocycles. The van der Waals surface area contributed by atoms with E-state index in [0.717, 1.165) is 13.0 Å². The van der Waals surface area contributed by atoms with Gasteiger partial charge in [-0.05, 0) is 6.42 Å². The van der Waals surface area contributed by atoms with Gasteiger partial charge in [0.15, 0.2) is 0 Å². The van der Waals surface area contributed by atoms with E-state index in [2.05, 4.69) is 0 Å². The number of hydrogen-bond acceptors (Lipinski definition) is 2. The normalized spacial score (nSPS) is 25.4. The second-order valence-electron chi connectivity index (χ2n) is 2.52. The summed E-state index contributed by atoms with van der Waals surface area (Å²) in [6, 6.07) is 0.159. The van der Waals surface area contributed by atoms with E-state index in [9.17, 15) is 4.79 Å². The van der Waals surface area contributed by atoms with Crippen LogP contribution < -0.4 is 5.73 Å². The van der Waals surface area contributed by atoms with Gasteiger partial charge in [0, 0.05) is 19.1 Å². The Hall–Kier alpha value is -0.280. The summed E-state index contributed by atoms with van der Waals surface area (Å²) in [5, 5.41) is 0. The molecule has 0 aromatic heterocycles. The van der Waals surface area contributed by atoms with Gasteiger partial charge in [0.25, 0.3) is 0 Å². The predicted molar refractivity (Wildman–Crippen MR) is 39.9 cm³/mol. The van der Waals surface area contributed by atoms with Crippen LogP contribution in [0, 0.1) is 0 Å². The third-order valence-corrected chi connectivity index (χ3v) is 1.92. The van der Waals surface area contributed by atoms with Crippen LogP contribution in [0.3, 0.4) is 0 Å². The van der Waals surface area contributed by atoms with Crippen molar-refractivity contribution in [3.05, 3.63) is 0 Å². The number of carbonyl (C=O) groups excluding carboxylic acids is 1. The minimum Gasteiger partial charge on any atom is -0.340 e. The van der Waals surface area contributed by atoms with Gasteiger partial charge in [-0.3, -0.25) is 4.79 Å². The van der Waals surface area contributed by atoms with Crippen LogP contribution in [0.25, 0.3) is 0 Å². The second-order valence-corrected chi connectivity index (χ2v) is 2.79. The van der Waals surface area contributed by atoms with Crippen LogP contribution >= 0.6 is 11.6 Å². The van der Waals surface area contributed by atoms with Crippen molar-refractivity contribution in [2.24, 2.45) is 5.73 Å². The molecule has 0 aliphatic carbocycles. The summed E-state index contributed by atoms with van der Waals surface area (Å²) in [7, 11) is 0. The Balaban J connectivity index is 2.37. The molecule has 4 heteroatoms. The summed E-state index contributed by atoms with van der Waals surface area (Å²) in [6.07, 6.45) is 0.905. The molecule has 1 saturated heterocycles. The van der Waals surface area contributed by atoms with Crippen LogP contribution in [0.1, 0.15) is 6.42 Å². The smallest absolute Gasteiger partial charge is 0.237 e. The minimum absolute atomic E-state index is 0.00498.